The van der Waals surface area contributed by atoms with E-state index in [1.807, 2.05) is 31.2 Å². The fourth-order valence-electron chi connectivity index (χ4n) is 2.78. The summed E-state index contributed by atoms with van der Waals surface area (Å²) in [6, 6.07) is 10.3. The first-order chi connectivity index (χ1) is 11.6. The lowest BCUT2D eigenvalue weighted by atomic mass is 10.1. The Morgan fingerprint density at radius 1 is 1.12 bits per heavy atom. The van der Waals surface area contributed by atoms with Crippen LogP contribution in [-0.2, 0) is 0 Å². The minimum Gasteiger partial charge on any atom is -0.329 e. The third kappa shape index (κ3) is 2.09. The summed E-state index contributed by atoms with van der Waals surface area (Å²) in [5.41, 5.74) is 2.33. The molecule has 7 heteroatoms. The lowest BCUT2D eigenvalue weighted by Crippen LogP contribution is -2.14. The van der Waals surface area contributed by atoms with Gasteiger partial charge in [0.25, 0.3) is 5.78 Å². The van der Waals surface area contributed by atoms with E-state index in [4.69, 9.17) is 0 Å². The lowest BCUT2D eigenvalue weighted by Gasteiger charge is -2.21. The van der Waals surface area contributed by atoms with Gasteiger partial charge in [0.1, 0.15) is 12.1 Å². The van der Waals surface area contributed by atoms with Crippen LogP contribution < -0.4 is 4.90 Å². The third-order valence-electron chi connectivity index (χ3n) is 4.00. The van der Waals surface area contributed by atoms with Gasteiger partial charge in [-0.15, -0.1) is 10.2 Å². The summed E-state index contributed by atoms with van der Waals surface area (Å²) in [7, 11) is 1.76. The molecule has 2 heterocycles. The van der Waals surface area contributed by atoms with Gasteiger partial charge in [0.2, 0.25) is 0 Å². The molecule has 0 radical (unpaired) electrons. The molecule has 0 N–H and O–H groups in total. The summed E-state index contributed by atoms with van der Waals surface area (Å²) in [4.78, 5) is 6.09. The van der Waals surface area contributed by atoms with Crippen molar-refractivity contribution in [1.82, 2.24) is 19.6 Å². The van der Waals surface area contributed by atoms with Gasteiger partial charge in [-0.3, -0.25) is 4.40 Å². The van der Waals surface area contributed by atoms with Crippen LogP contribution in [0.1, 0.15) is 5.56 Å². The van der Waals surface area contributed by atoms with Crippen molar-refractivity contribution < 1.29 is 8.78 Å². The number of hydrogen-bond acceptors (Lipinski definition) is 4. The van der Waals surface area contributed by atoms with Crippen LogP contribution in [0.4, 0.5) is 20.3 Å². The quantitative estimate of drug-likeness (QED) is 0.564. The molecule has 0 amide bonds. The highest BCUT2D eigenvalue weighted by atomic mass is 19.2. The highest BCUT2D eigenvalue weighted by molar-refractivity contribution is 5.93. The Labute approximate surface area is 136 Å². The number of halogens is 2. The maximum atomic E-state index is 14.6. The van der Waals surface area contributed by atoms with Crippen molar-refractivity contribution in [2.45, 2.75) is 6.92 Å². The van der Waals surface area contributed by atoms with Crippen molar-refractivity contribution >= 4 is 28.2 Å². The average Bonchev–Trinajstić information content (AvgIpc) is 3.05. The zero-order chi connectivity index (χ0) is 16.8. The van der Waals surface area contributed by atoms with Crippen LogP contribution >= 0.6 is 0 Å². The van der Waals surface area contributed by atoms with E-state index in [0.717, 1.165) is 17.3 Å². The SMILES string of the molecule is Cc1cccc(N(C)c2nc3nncn3c3ccc(F)c(F)c23)c1. The molecule has 0 aliphatic carbocycles. The van der Waals surface area contributed by atoms with Gasteiger partial charge in [-0.1, -0.05) is 12.1 Å². The van der Waals surface area contributed by atoms with E-state index in [1.54, 1.807) is 11.9 Å². The summed E-state index contributed by atoms with van der Waals surface area (Å²) < 4.78 is 29.9. The maximum absolute atomic E-state index is 14.6. The molecule has 4 rings (SSSR count). The Morgan fingerprint density at radius 2 is 1.96 bits per heavy atom. The number of fused-ring (bicyclic) bond motifs is 3. The Morgan fingerprint density at radius 3 is 2.75 bits per heavy atom. The Kier molecular flexibility index (Phi) is 3.16. The van der Waals surface area contributed by atoms with Crippen molar-refractivity contribution in [1.29, 1.82) is 0 Å². The Hall–Kier alpha value is -3.09. The topological polar surface area (TPSA) is 46.3 Å². The van der Waals surface area contributed by atoms with Gasteiger partial charge in [-0.25, -0.2) is 8.78 Å². The predicted molar refractivity (Wildman–Crippen MR) is 87.4 cm³/mol. The fraction of sp³-hybridized carbons (Fsp3) is 0.118. The van der Waals surface area contributed by atoms with E-state index in [2.05, 4.69) is 15.2 Å². The van der Waals surface area contributed by atoms with Crippen LogP contribution in [0.2, 0.25) is 0 Å². The number of aromatic nitrogens is 4. The van der Waals surface area contributed by atoms with E-state index in [1.165, 1.54) is 16.8 Å². The average molecular weight is 325 g/mol. The van der Waals surface area contributed by atoms with E-state index < -0.39 is 11.6 Å². The van der Waals surface area contributed by atoms with Crippen LogP contribution in [-0.4, -0.2) is 26.6 Å². The largest absolute Gasteiger partial charge is 0.329 e. The van der Waals surface area contributed by atoms with Crippen LogP contribution in [0.3, 0.4) is 0 Å². The van der Waals surface area contributed by atoms with Crippen molar-refractivity contribution in [2.75, 3.05) is 11.9 Å². The molecule has 2 aromatic carbocycles. The Bertz CT molecular complexity index is 1070. The van der Waals surface area contributed by atoms with Crippen LogP contribution in [0.5, 0.6) is 0 Å². The van der Waals surface area contributed by atoms with E-state index in [9.17, 15) is 8.78 Å². The van der Waals surface area contributed by atoms with Gasteiger partial charge in [-0.2, -0.15) is 4.98 Å². The summed E-state index contributed by atoms with van der Waals surface area (Å²) in [6.07, 6.45) is 1.43. The molecule has 5 nitrogen and oxygen atoms in total. The number of aryl methyl sites for hydroxylation is 1. The second-order valence-electron chi connectivity index (χ2n) is 5.59. The van der Waals surface area contributed by atoms with Gasteiger partial charge < -0.3 is 4.90 Å². The second-order valence-corrected chi connectivity index (χ2v) is 5.59. The van der Waals surface area contributed by atoms with Crippen molar-refractivity contribution in [3.8, 4) is 0 Å². The summed E-state index contributed by atoms with van der Waals surface area (Å²) in [6.45, 7) is 1.96. The van der Waals surface area contributed by atoms with Gasteiger partial charge >= 0.3 is 0 Å². The molecule has 4 aromatic rings. The first kappa shape index (κ1) is 14.5. The number of rotatable bonds is 2. The van der Waals surface area contributed by atoms with Crippen LogP contribution in [0.25, 0.3) is 16.7 Å². The lowest BCUT2D eigenvalue weighted by molar-refractivity contribution is 0.516. The van der Waals surface area contributed by atoms with Crippen LogP contribution in [0, 0.1) is 18.6 Å². The standard InChI is InChI=1S/C17H13F2N5/c1-10-4-3-5-11(8-10)23(2)16-14-13(7-6-12(18)15(14)19)24-9-20-22-17(24)21-16/h3-9H,1-2H3. The van der Waals surface area contributed by atoms with E-state index in [0.29, 0.717) is 11.3 Å². The van der Waals surface area contributed by atoms with E-state index >= 15 is 0 Å². The fourth-order valence-corrected chi connectivity index (χ4v) is 2.78. The Balaban J connectivity index is 2.07. The highest BCUT2D eigenvalue weighted by Gasteiger charge is 2.20. The monoisotopic (exact) mass is 325 g/mol. The molecule has 0 bridgehead atoms. The highest BCUT2D eigenvalue weighted by Crippen LogP contribution is 2.32. The first-order valence-electron chi connectivity index (χ1n) is 7.34. The molecule has 0 spiro atoms. The number of nitrogens with zero attached hydrogens (tertiary/aromatic N) is 5. The molecule has 0 aliphatic rings. The van der Waals surface area contributed by atoms with Crippen LogP contribution in [0.15, 0.2) is 42.7 Å². The molecular formula is C17H13F2N5. The summed E-state index contributed by atoms with van der Waals surface area (Å²) in [5.74, 6) is -1.25. The zero-order valence-corrected chi connectivity index (χ0v) is 13.0. The number of benzene rings is 2. The minimum atomic E-state index is -0.940. The normalized spacial score (nSPS) is 11.3. The van der Waals surface area contributed by atoms with Crippen molar-refractivity contribution in [2.24, 2.45) is 0 Å². The van der Waals surface area contributed by atoms with Crippen molar-refractivity contribution in [3.05, 3.63) is 59.9 Å². The molecule has 2 aromatic heterocycles. The minimum absolute atomic E-state index is 0.0892. The molecule has 0 fully saturated rings. The molecule has 0 saturated carbocycles. The molecule has 24 heavy (non-hydrogen) atoms. The molecule has 0 saturated heterocycles. The van der Waals surface area contributed by atoms with E-state index in [-0.39, 0.29) is 11.2 Å². The van der Waals surface area contributed by atoms with Gasteiger partial charge in [-0.05, 0) is 36.8 Å². The maximum Gasteiger partial charge on any atom is 0.257 e. The van der Waals surface area contributed by atoms with Gasteiger partial charge in [0, 0.05) is 12.7 Å². The molecule has 0 atom stereocenters. The molecular weight excluding hydrogens is 312 g/mol. The molecule has 0 unspecified atom stereocenters. The third-order valence-corrected chi connectivity index (χ3v) is 4.00. The summed E-state index contributed by atoms with van der Waals surface area (Å²) in [5, 5.41) is 7.83. The van der Waals surface area contributed by atoms with Gasteiger partial charge in [0.05, 0.1) is 10.9 Å². The van der Waals surface area contributed by atoms with Crippen molar-refractivity contribution in [3.63, 3.8) is 0 Å². The summed E-state index contributed by atoms with van der Waals surface area (Å²) >= 11 is 0. The zero-order valence-electron chi connectivity index (χ0n) is 13.0. The predicted octanol–water partition coefficient (Wildman–Crippen LogP) is 3.63. The smallest absolute Gasteiger partial charge is 0.257 e. The second kappa shape index (κ2) is 5.23. The molecule has 120 valence electrons. The van der Waals surface area contributed by atoms with Gasteiger partial charge in [0.15, 0.2) is 11.6 Å². The number of anilines is 2. The first-order valence-corrected chi connectivity index (χ1v) is 7.34. The molecule has 0 aliphatic heterocycles. The number of hydrogen-bond donors (Lipinski definition) is 0.